The number of nitrogens with one attached hydrogen (secondary N) is 1. The fourth-order valence-electron chi connectivity index (χ4n) is 2.39. The average Bonchev–Trinajstić information content (AvgIpc) is 3.32. The minimum atomic E-state index is -0.500. The molecule has 0 aliphatic carbocycles. The Bertz CT molecular complexity index is 860. The van der Waals surface area contributed by atoms with Gasteiger partial charge in [0, 0.05) is 11.6 Å². The molecule has 0 aliphatic rings. The predicted molar refractivity (Wildman–Crippen MR) is 98.7 cm³/mol. The van der Waals surface area contributed by atoms with Gasteiger partial charge in [-0.1, -0.05) is 22.4 Å². The highest BCUT2D eigenvalue weighted by atomic mass is 35.5. The number of hydrogen-bond acceptors (Lipinski definition) is 8. The molecule has 0 saturated heterocycles. The fraction of sp³-hybridized carbons (Fsp3) is 0.278. The maximum Gasteiger partial charge on any atom is 0.360 e. The topological polar surface area (TPSA) is 99.6 Å². The Balaban J connectivity index is 0.00000261. The number of carbonyl (C=O) groups excluding carboxylic acids is 1. The van der Waals surface area contributed by atoms with Crippen molar-refractivity contribution < 1.29 is 23.3 Å². The highest BCUT2D eigenvalue weighted by Gasteiger charge is 2.14. The Morgan fingerprint density at radius 2 is 1.96 bits per heavy atom. The molecule has 0 radical (unpaired) electrons. The number of aromatic nitrogens is 2. The number of nitrogens with zero attached hydrogens (tertiary/aromatic N) is 2. The van der Waals surface area contributed by atoms with Gasteiger partial charge < -0.3 is 23.8 Å². The van der Waals surface area contributed by atoms with Crippen molar-refractivity contribution in [2.45, 2.75) is 20.0 Å². The molecule has 1 N–H and O–H groups in total. The van der Waals surface area contributed by atoms with Crippen LogP contribution >= 0.6 is 12.4 Å². The maximum atomic E-state index is 11.6. The molecule has 8 nitrogen and oxygen atoms in total. The smallest absolute Gasteiger partial charge is 0.360 e. The first-order valence-electron chi connectivity index (χ1n) is 8.12. The van der Waals surface area contributed by atoms with Crippen LogP contribution in [-0.4, -0.2) is 30.0 Å². The van der Waals surface area contributed by atoms with Crippen LogP contribution in [0, 0.1) is 0 Å². The SMILES string of the molecule is CCOC(=O)c1cc(CNCc2oncc2-c2ccc(OC)cc2)on1.Cl. The Morgan fingerprint density at radius 1 is 1.19 bits per heavy atom. The first-order chi connectivity index (χ1) is 12.7. The number of methoxy groups -OCH3 is 1. The molecule has 3 aromatic rings. The minimum absolute atomic E-state index is 0. The molecule has 0 unspecified atom stereocenters. The standard InChI is InChI=1S/C18H19N3O5.ClH/c1-3-24-18(22)16-8-14(25-21-16)9-19-11-17-15(10-20-26-17)12-4-6-13(23-2)7-5-12;/h4-8,10,19H,3,9,11H2,1-2H3;1H. The number of carbonyl (C=O) groups is 1. The molecule has 0 bridgehead atoms. The molecule has 3 rings (SSSR count). The van der Waals surface area contributed by atoms with E-state index in [0.717, 1.165) is 16.9 Å². The van der Waals surface area contributed by atoms with E-state index < -0.39 is 5.97 Å². The van der Waals surface area contributed by atoms with E-state index in [-0.39, 0.29) is 18.1 Å². The average molecular weight is 394 g/mol. The molecule has 0 fully saturated rings. The Labute approximate surface area is 162 Å². The van der Waals surface area contributed by atoms with Gasteiger partial charge >= 0.3 is 5.97 Å². The van der Waals surface area contributed by atoms with Crippen molar-refractivity contribution in [1.82, 2.24) is 15.6 Å². The minimum Gasteiger partial charge on any atom is -0.497 e. The molecule has 0 amide bonds. The number of benzene rings is 1. The van der Waals surface area contributed by atoms with Crippen LogP contribution in [0.4, 0.5) is 0 Å². The Kier molecular flexibility index (Phi) is 7.39. The van der Waals surface area contributed by atoms with Crippen LogP contribution in [0.5, 0.6) is 5.75 Å². The molecular weight excluding hydrogens is 374 g/mol. The zero-order valence-corrected chi connectivity index (χ0v) is 15.7. The molecule has 0 spiro atoms. The van der Waals surface area contributed by atoms with Crippen molar-refractivity contribution in [2.75, 3.05) is 13.7 Å². The van der Waals surface area contributed by atoms with Crippen LogP contribution in [0.25, 0.3) is 11.1 Å². The van der Waals surface area contributed by atoms with Gasteiger partial charge in [0.2, 0.25) is 0 Å². The van der Waals surface area contributed by atoms with Gasteiger partial charge in [0.1, 0.15) is 5.75 Å². The Morgan fingerprint density at radius 3 is 2.67 bits per heavy atom. The summed E-state index contributed by atoms with van der Waals surface area (Å²) in [6.07, 6.45) is 1.67. The van der Waals surface area contributed by atoms with Crippen molar-refractivity contribution in [1.29, 1.82) is 0 Å². The van der Waals surface area contributed by atoms with Crippen molar-refractivity contribution in [3.8, 4) is 16.9 Å². The van der Waals surface area contributed by atoms with Crippen LogP contribution in [0.15, 0.2) is 45.6 Å². The number of rotatable bonds is 8. The van der Waals surface area contributed by atoms with Crippen molar-refractivity contribution in [3.63, 3.8) is 0 Å². The van der Waals surface area contributed by atoms with E-state index in [4.69, 9.17) is 18.5 Å². The number of halogens is 1. The molecule has 27 heavy (non-hydrogen) atoms. The number of esters is 1. The van der Waals surface area contributed by atoms with Gasteiger partial charge in [0.05, 0.1) is 33.0 Å². The maximum absolute atomic E-state index is 11.6. The summed E-state index contributed by atoms with van der Waals surface area (Å²) in [6, 6.07) is 9.19. The van der Waals surface area contributed by atoms with E-state index in [9.17, 15) is 4.79 Å². The van der Waals surface area contributed by atoms with Crippen molar-refractivity contribution in [2.24, 2.45) is 0 Å². The molecule has 2 heterocycles. The van der Waals surface area contributed by atoms with Gasteiger partial charge in [0.25, 0.3) is 0 Å². The zero-order chi connectivity index (χ0) is 18.4. The lowest BCUT2D eigenvalue weighted by Gasteiger charge is -2.04. The summed E-state index contributed by atoms with van der Waals surface area (Å²) in [7, 11) is 1.63. The summed E-state index contributed by atoms with van der Waals surface area (Å²) in [5, 5.41) is 10.7. The number of ether oxygens (including phenoxy) is 2. The van der Waals surface area contributed by atoms with E-state index >= 15 is 0 Å². The van der Waals surface area contributed by atoms with Crippen LogP contribution in [0.1, 0.15) is 28.9 Å². The van der Waals surface area contributed by atoms with Gasteiger partial charge in [-0.15, -0.1) is 12.4 Å². The van der Waals surface area contributed by atoms with E-state index in [2.05, 4.69) is 15.6 Å². The van der Waals surface area contributed by atoms with Gasteiger partial charge in [0.15, 0.2) is 17.2 Å². The highest BCUT2D eigenvalue weighted by molar-refractivity contribution is 5.87. The quantitative estimate of drug-likeness (QED) is 0.582. The van der Waals surface area contributed by atoms with Crippen LogP contribution in [0.3, 0.4) is 0 Å². The van der Waals surface area contributed by atoms with Gasteiger partial charge in [-0.05, 0) is 24.6 Å². The van der Waals surface area contributed by atoms with Gasteiger partial charge in [-0.25, -0.2) is 4.79 Å². The van der Waals surface area contributed by atoms with Gasteiger partial charge in [-0.2, -0.15) is 0 Å². The third-order valence-corrected chi connectivity index (χ3v) is 3.67. The molecule has 2 aromatic heterocycles. The van der Waals surface area contributed by atoms with Crippen molar-refractivity contribution >= 4 is 18.4 Å². The monoisotopic (exact) mass is 393 g/mol. The highest BCUT2D eigenvalue weighted by Crippen LogP contribution is 2.25. The molecular formula is C18H20ClN3O5. The second kappa shape index (κ2) is 9.75. The third kappa shape index (κ3) is 5.08. The molecule has 0 saturated carbocycles. The largest absolute Gasteiger partial charge is 0.497 e. The summed E-state index contributed by atoms with van der Waals surface area (Å²) in [4.78, 5) is 11.6. The van der Waals surface area contributed by atoms with E-state index in [1.54, 1.807) is 26.3 Å². The third-order valence-electron chi connectivity index (χ3n) is 3.67. The van der Waals surface area contributed by atoms with E-state index in [1.165, 1.54) is 0 Å². The lowest BCUT2D eigenvalue weighted by atomic mass is 10.1. The van der Waals surface area contributed by atoms with Crippen LogP contribution in [-0.2, 0) is 17.8 Å². The Hall–Kier alpha value is -2.84. The molecule has 144 valence electrons. The van der Waals surface area contributed by atoms with E-state index in [1.807, 2.05) is 24.3 Å². The second-order valence-electron chi connectivity index (χ2n) is 5.39. The lowest BCUT2D eigenvalue weighted by Crippen LogP contribution is -2.12. The summed E-state index contributed by atoms with van der Waals surface area (Å²) in [5.74, 6) is 1.51. The molecule has 9 heteroatoms. The molecule has 1 aromatic carbocycles. The van der Waals surface area contributed by atoms with Crippen molar-refractivity contribution in [3.05, 3.63) is 53.7 Å². The fourth-order valence-corrected chi connectivity index (χ4v) is 2.39. The summed E-state index contributed by atoms with van der Waals surface area (Å²) < 4.78 is 20.5. The second-order valence-corrected chi connectivity index (χ2v) is 5.39. The lowest BCUT2D eigenvalue weighted by molar-refractivity contribution is 0.0514. The zero-order valence-electron chi connectivity index (χ0n) is 14.9. The predicted octanol–water partition coefficient (Wildman–Crippen LogP) is 3.23. The van der Waals surface area contributed by atoms with Crippen LogP contribution in [0.2, 0.25) is 0 Å². The first kappa shape index (κ1) is 20.5. The molecule has 0 atom stereocenters. The number of hydrogen-bond donors (Lipinski definition) is 1. The summed E-state index contributed by atoms with van der Waals surface area (Å²) >= 11 is 0. The first-order valence-corrected chi connectivity index (χ1v) is 8.12. The summed E-state index contributed by atoms with van der Waals surface area (Å²) in [6.45, 7) is 2.85. The normalized spacial score (nSPS) is 10.3. The summed E-state index contributed by atoms with van der Waals surface area (Å²) in [5.41, 5.74) is 2.03. The van der Waals surface area contributed by atoms with Crippen LogP contribution < -0.4 is 10.1 Å². The van der Waals surface area contributed by atoms with Gasteiger partial charge in [-0.3, -0.25) is 0 Å². The van der Waals surface area contributed by atoms with E-state index in [0.29, 0.717) is 31.2 Å². The molecule has 0 aliphatic heterocycles.